The average molecular weight is 254 g/mol. The Balaban J connectivity index is 1.88. The minimum absolute atomic E-state index is 0.00625. The van der Waals surface area contributed by atoms with Crippen molar-refractivity contribution in [2.24, 2.45) is 0 Å². The number of nitrogens with zero attached hydrogens (tertiary/aromatic N) is 1. The van der Waals surface area contributed by atoms with Gasteiger partial charge in [0.05, 0.1) is 6.04 Å². The summed E-state index contributed by atoms with van der Waals surface area (Å²) in [7, 11) is 0. The molecule has 0 aliphatic carbocycles. The third-order valence-corrected chi connectivity index (χ3v) is 3.70. The molecule has 2 heterocycles. The van der Waals surface area contributed by atoms with E-state index in [2.05, 4.69) is 27.8 Å². The van der Waals surface area contributed by atoms with Gasteiger partial charge in [0.25, 0.3) is 0 Å². The van der Waals surface area contributed by atoms with Crippen molar-refractivity contribution in [2.75, 3.05) is 23.4 Å². The Morgan fingerprint density at radius 1 is 1.71 bits per heavy atom. The SMILES string of the molecule is CCCc1cc(NC(=O)C2CSCCN2)n[nH]1. The highest BCUT2D eigenvalue weighted by molar-refractivity contribution is 7.99. The number of aryl methyl sites for hydroxylation is 1. The van der Waals surface area contributed by atoms with E-state index in [0.717, 1.165) is 36.6 Å². The standard InChI is InChI=1S/C11H18N4OS/c1-2-3-8-6-10(15-14-8)13-11(16)9-7-17-5-4-12-9/h6,9,12H,2-5,7H2,1H3,(H2,13,14,15,16). The molecular formula is C11H18N4OS. The second-order valence-electron chi connectivity index (χ2n) is 4.10. The van der Waals surface area contributed by atoms with Crippen molar-refractivity contribution in [3.63, 3.8) is 0 Å². The third kappa shape index (κ3) is 3.47. The second kappa shape index (κ2) is 6.07. The predicted molar refractivity (Wildman–Crippen MR) is 70.3 cm³/mol. The lowest BCUT2D eigenvalue weighted by atomic mass is 10.2. The van der Waals surface area contributed by atoms with Gasteiger partial charge in [0.15, 0.2) is 5.82 Å². The third-order valence-electron chi connectivity index (χ3n) is 2.64. The number of carbonyl (C=O) groups is 1. The first kappa shape index (κ1) is 12.4. The van der Waals surface area contributed by atoms with Crippen molar-refractivity contribution in [1.29, 1.82) is 0 Å². The molecule has 1 aromatic heterocycles. The van der Waals surface area contributed by atoms with Crippen LogP contribution in [-0.4, -0.2) is 40.2 Å². The Hall–Kier alpha value is -1.01. The minimum Gasteiger partial charge on any atom is -0.308 e. The van der Waals surface area contributed by atoms with Crippen LogP contribution >= 0.6 is 11.8 Å². The van der Waals surface area contributed by atoms with Crippen LogP contribution in [0, 0.1) is 0 Å². The Morgan fingerprint density at radius 2 is 2.59 bits per heavy atom. The van der Waals surface area contributed by atoms with Crippen LogP contribution in [0.15, 0.2) is 6.07 Å². The zero-order valence-electron chi connectivity index (χ0n) is 9.95. The van der Waals surface area contributed by atoms with Gasteiger partial charge >= 0.3 is 0 Å². The fraction of sp³-hybridized carbons (Fsp3) is 0.636. The first-order valence-electron chi connectivity index (χ1n) is 5.96. The van der Waals surface area contributed by atoms with Gasteiger partial charge in [-0.25, -0.2) is 0 Å². The van der Waals surface area contributed by atoms with Crippen LogP contribution in [0.5, 0.6) is 0 Å². The average Bonchev–Trinajstić information content (AvgIpc) is 2.78. The maximum absolute atomic E-state index is 11.9. The van der Waals surface area contributed by atoms with E-state index in [1.807, 2.05) is 6.07 Å². The lowest BCUT2D eigenvalue weighted by Crippen LogP contribution is -2.46. The van der Waals surface area contributed by atoms with Crippen molar-refractivity contribution in [3.05, 3.63) is 11.8 Å². The molecule has 94 valence electrons. The number of aromatic amines is 1. The summed E-state index contributed by atoms with van der Waals surface area (Å²) >= 11 is 1.80. The molecule has 1 unspecified atom stereocenters. The van der Waals surface area contributed by atoms with Gasteiger partial charge in [-0.2, -0.15) is 16.9 Å². The number of carbonyl (C=O) groups excluding carboxylic acids is 1. The first-order chi connectivity index (χ1) is 8.29. The summed E-state index contributed by atoms with van der Waals surface area (Å²) in [5, 5.41) is 13.0. The number of hydrogen-bond donors (Lipinski definition) is 3. The number of aromatic nitrogens is 2. The maximum Gasteiger partial charge on any atom is 0.243 e. The molecule has 6 heteroatoms. The van der Waals surface area contributed by atoms with Crippen LogP contribution in [0.4, 0.5) is 5.82 Å². The molecule has 0 saturated carbocycles. The van der Waals surface area contributed by atoms with Crippen LogP contribution in [0.3, 0.4) is 0 Å². The molecule has 3 N–H and O–H groups in total. The van der Waals surface area contributed by atoms with Crippen LogP contribution in [0.1, 0.15) is 19.0 Å². The van der Waals surface area contributed by atoms with E-state index in [1.165, 1.54) is 0 Å². The molecule has 1 aromatic rings. The maximum atomic E-state index is 11.9. The van der Waals surface area contributed by atoms with E-state index in [0.29, 0.717) is 5.82 Å². The molecule has 5 nitrogen and oxygen atoms in total. The van der Waals surface area contributed by atoms with E-state index >= 15 is 0 Å². The summed E-state index contributed by atoms with van der Waals surface area (Å²) in [6.07, 6.45) is 2.02. The van der Waals surface area contributed by atoms with Crippen molar-refractivity contribution >= 4 is 23.5 Å². The number of nitrogens with one attached hydrogen (secondary N) is 3. The summed E-state index contributed by atoms with van der Waals surface area (Å²) in [5.74, 6) is 2.54. The fourth-order valence-corrected chi connectivity index (χ4v) is 2.70. The predicted octanol–water partition coefficient (Wildman–Crippen LogP) is 1.01. The Morgan fingerprint density at radius 3 is 3.29 bits per heavy atom. The monoisotopic (exact) mass is 254 g/mol. The van der Waals surface area contributed by atoms with Gasteiger partial charge in [-0.1, -0.05) is 13.3 Å². The zero-order chi connectivity index (χ0) is 12.1. The van der Waals surface area contributed by atoms with Gasteiger partial charge in [0, 0.05) is 29.8 Å². The van der Waals surface area contributed by atoms with Gasteiger partial charge in [-0.15, -0.1) is 0 Å². The van der Waals surface area contributed by atoms with Crippen molar-refractivity contribution in [1.82, 2.24) is 15.5 Å². The quantitative estimate of drug-likeness (QED) is 0.750. The lowest BCUT2D eigenvalue weighted by molar-refractivity contribution is -0.117. The summed E-state index contributed by atoms with van der Waals surface area (Å²) < 4.78 is 0. The summed E-state index contributed by atoms with van der Waals surface area (Å²) in [4.78, 5) is 11.9. The van der Waals surface area contributed by atoms with Crippen molar-refractivity contribution in [2.45, 2.75) is 25.8 Å². The number of amides is 1. The van der Waals surface area contributed by atoms with Crippen LogP contribution in [0.2, 0.25) is 0 Å². The van der Waals surface area contributed by atoms with Gasteiger partial charge < -0.3 is 10.6 Å². The minimum atomic E-state index is -0.0972. The van der Waals surface area contributed by atoms with E-state index in [9.17, 15) is 4.79 Å². The fourth-order valence-electron chi connectivity index (χ4n) is 1.77. The topological polar surface area (TPSA) is 69.8 Å². The molecule has 1 aliphatic rings. The molecule has 1 fully saturated rings. The molecule has 1 amide bonds. The highest BCUT2D eigenvalue weighted by Crippen LogP contribution is 2.11. The number of thioether (sulfide) groups is 1. The molecule has 0 radical (unpaired) electrons. The summed E-state index contributed by atoms with van der Waals surface area (Å²) in [6.45, 7) is 3.01. The number of anilines is 1. The van der Waals surface area contributed by atoms with E-state index in [1.54, 1.807) is 11.8 Å². The highest BCUT2D eigenvalue weighted by atomic mass is 32.2. The molecular weight excluding hydrogens is 236 g/mol. The number of hydrogen-bond acceptors (Lipinski definition) is 4. The summed E-state index contributed by atoms with van der Waals surface area (Å²) in [5.41, 5.74) is 1.06. The van der Waals surface area contributed by atoms with E-state index < -0.39 is 0 Å². The zero-order valence-corrected chi connectivity index (χ0v) is 10.8. The highest BCUT2D eigenvalue weighted by Gasteiger charge is 2.21. The Kier molecular flexibility index (Phi) is 4.44. The summed E-state index contributed by atoms with van der Waals surface area (Å²) in [6, 6.07) is 1.80. The smallest absolute Gasteiger partial charge is 0.243 e. The molecule has 0 spiro atoms. The molecule has 1 atom stereocenters. The van der Waals surface area contributed by atoms with Gasteiger partial charge in [0.2, 0.25) is 5.91 Å². The second-order valence-corrected chi connectivity index (χ2v) is 5.25. The van der Waals surface area contributed by atoms with Crippen LogP contribution < -0.4 is 10.6 Å². The number of rotatable bonds is 4. The van der Waals surface area contributed by atoms with E-state index in [4.69, 9.17) is 0 Å². The van der Waals surface area contributed by atoms with Crippen molar-refractivity contribution in [3.8, 4) is 0 Å². The molecule has 1 saturated heterocycles. The molecule has 2 rings (SSSR count). The van der Waals surface area contributed by atoms with Crippen LogP contribution in [0.25, 0.3) is 0 Å². The van der Waals surface area contributed by atoms with Crippen LogP contribution in [-0.2, 0) is 11.2 Å². The largest absolute Gasteiger partial charge is 0.308 e. The Labute approximate surface area is 105 Å². The molecule has 17 heavy (non-hydrogen) atoms. The Bertz CT molecular complexity index is 373. The molecule has 0 bridgehead atoms. The van der Waals surface area contributed by atoms with Gasteiger partial charge in [-0.05, 0) is 6.42 Å². The normalized spacial score (nSPS) is 20.2. The molecule has 0 aromatic carbocycles. The number of H-pyrrole nitrogens is 1. The van der Waals surface area contributed by atoms with Gasteiger partial charge in [-0.3, -0.25) is 9.89 Å². The van der Waals surface area contributed by atoms with Gasteiger partial charge in [0.1, 0.15) is 0 Å². The van der Waals surface area contributed by atoms with E-state index in [-0.39, 0.29) is 11.9 Å². The van der Waals surface area contributed by atoms with Crippen molar-refractivity contribution < 1.29 is 4.79 Å². The first-order valence-corrected chi connectivity index (χ1v) is 7.11. The lowest BCUT2D eigenvalue weighted by Gasteiger charge is -2.21. The molecule has 1 aliphatic heterocycles.